The van der Waals surface area contributed by atoms with Gasteiger partial charge in [0.15, 0.2) is 5.13 Å². The zero-order valence-corrected chi connectivity index (χ0v) is 18.4. The van der Waals surface area contributed by atoms with E-state index in [2.05, 4.69) is 10.3 Å². The zero-order chi connectivity index (χ0) is 22.2. The van der Waals surface area contributed by atoms with Gasteiger partial charge >= 0.3 is 0 Å². The SMILES string of the molecule is CCCC[C@H](CC(=O)NO)C(=O)N1CCC[C@H]1C(=O)Nc1nc(-c2ccccc2)cs1. The molecule has 31 heavy (non-hydrogen) atoms. The van der Waals surface area contributed by atoms with Gasteiger partial charge < -0.3 is 10.2 Å². The average Bonchev–Trinajstić information content (AvgIpc) is 3.46. The van der Waals surface area contributed by atoms with E-state index >= 15 is 0 Å². The van der Waals surface area contributed by atoms with E-state index in [1.165, 1.54) is 11.3 Å². The summed E-state index contributed by atoms with van der Waals surface area (Å²) in [5.74, 6) is -1.62. The van der Waals surface area contributed by atoms with Crippen molar-refractivity contribution >= 4 is 34.2 Å². The minimum absolute atomic E-state index is 0.0902. The van der Waals surface area contributed by atoms with Gasteiger partial charge in [0.05, 0.1) is 5.69 Å². The van der Waals surface area contributed by atoms with E-state index in [9.17, 15) is 14.4 Å². The van der Waals surface area contributed by atoms with Crippen molar-refractivity contribution in [3.8, 4) is 11.3 Å². The first-order chi connectivity index (χ1) is 15.0. The molecule has 0 radical (unpaired) electrons. The van der Waals surface area contributed by atoms with Crippen LogP contribution in [0, 0.1) is 5.92 Å². The number of aromatic nitrogens is 1. The molecule has 0 unspecified atom stereocenters. The molecule has 3 rings (SSSR count). The fraction of sp³-hybridized carbons (Fsp3) is 0.455. The summed E-state index contributed by atoms with van der Waals surface area (Å²) >= 11 is 1.34. The Morgan fingerprint density at radius 3 is 2.77 bits per heavy atom. The van der Waals surface area contributed by atoms with Gasteiger partial charge in [-0.15, -0.1) is 11.3 Å². The van der Waals surface area contributed by atoms with Gasteiger partial charge in [-0.1, -0.05) is 50.1 Å². The van der Waals surface area contributed by atoms with E-state index < -0.39 is 17.9 Å². The van der Waals surface area contributed by atoms with Crippen molar-refractivity contribution in [1.82, 2.24) is 15.4 Å². The van der Waals surface area contributed by atoms with E-state index in [0.29, 0.717) is 24.5 Å². The molecule has 2 aromatic rings. The first-order valence-electron chi connectivity index (χ1n) is 10.6. The van der Waals surface area contributed by atoms with Crippen LogP contribution >= 0.6 is 11.3 Å². The molecule has 1 aliphatic rings. The topological polar surface area (TPSA) is 112 Å². The van der Waals surface area contributed by atoms with E-state index in [4.69, 9.17) is 5.21 Å². The van der Waals surface area contributed by atoms with Crippen LogP contribution in [0.3, 0.4) is 0 Å². The Balaban J connectivity index is 1.67. The molecular formula is C22H28N4O4S. The lowest BCUT2D eigenvalue weighted by atomic mass is 9.96. The number of carbonyl (C=O) groups excluding carboxylic acids is 3. The van der Waals surface area contributed by atoms with Crippen LogP contribution in [0.2, 0.25) is 0 Å². The predicted octanol–water partition coefficient (Wildman–Crippen LogP) is 3.44. The highest BCUT2D eigenvalue weighted by molar-refractivity contribution is 7.14. The summed E-state index contributed by atoms with van der Waals surface area (Å²) in [6.07, 6.45) is 3.43. The molecule has 3 N–H and O–H groups in total. The normalized spacial score (nSPS) is 16.7. The third-order valence-electron chi connectivity index (χ3n) is 5.45. The number of hydrogen-bond acceptors (Lipinski definition) is 6. The van der Waals surface area contributed by atoms with Gasteiger partial charge in [0.2, 0.25) is 17.7 Å². The maximum Gasteiger partial charge on any atom is 0.248 e. The van der Waals surface area contributed by atoms with Gasteiger partial charge in [0.1, 0.15) is 6.04 Å². The van der Waals surface area contributed by atoms with Gasteiger partial charge in [0, 0.05) is 29.8 Å². The van der Waals surface area contributed by atoms with E-state index in [1.807, 2.05) is 42.6 Å². The highest BCUT2D eigenvalue weighted by atomic mass is 32.1. The Hall–Kier alpha value is -2.78. The molecule has 0 saturated carbocycles. The Morgan fingerprint density at radius 1 is 1.29 bits per heavy atom. The Kier molecular flexibility index (Phi) is 8.13. The third-order valence-corrected chi connectivity index (χ3v) is 6.21. The fourth-order valence-corrected chi connectivity index (χ4v) is 4.55. The number of rotatable bonds is 9. The van der Waals surface area contributed by atoms with Crippen molar-refractivity contribution in [3.05, 3.63) is 35.7 Å². The summed E-state index contributed by atoms with van der Waals surface area (Å²) in [6.45, 7) is 2.49. The molecule has 1 saturated heterocycles. The number of unbranched alkanes of at least 4 members (excludes halogenated alkanes) is 1. The zero-order valence-electron chi connectivity index (χ0n) is 17.5. The lowest BCUT2D eigenvalue weighted by molar-refractivity contribution is -0.143. The van der Waals surface area contributed by atoms with E-state index in [0.717, 1.165) is 30.5 Å². The number of nitrogens with one attached hydrogen (secondary N) is 2. The summed E-state index contributed by atoms with van der Waals surface area (Å²) in [6, 6.07) is 9.12. The van der Waals surface area contributed by atoms with Crippen LogP contribution in [-0.2, 0) is 14.4 Å². The first-order valence-corrected chi connectivity index (χ1v) is 11.5. The summed E-state index contributed by atoms with van der Waals surface area (Å²) in [5, 5.41) is 14.1. The number of hydroxylamine groups is 1. The second kappa shape index (κ2) is 11.0. The number of benzene rings is 1. The van der Waals surface area contributed by atoms with E-state index in [1.54, 1.807) is 10.4 Å². The molecule has 0 spiro atoms. The maximum atomic E-state index is 13.1. The molecular weight excluding hydrogens is 416 g/mol. The largest absolute Gasteiger partial charge is 0.330 e. The predicted molar refractivity (Wildman–Crippen MR) is 118 cm³/mol. The summed E-state index contributed by atoms with van der Waals surface area (Å²) < 4.78 is 0. The van der Waals surface area contributed by atoms with Crippen LogP contribution in [-0.4, -0.2) is 45.4 Å². The lowest BCUT2D eigenvalue weighted by Gasteiger charge is -2.27. The van der Waals surface area contributed by atoms with Crippen LogP contribution in [0.25, 0.3) is 11.3 Å². The molecule has 3 amide bonds. The van der Waals surface area contributed by atoms with Gasteiger partial charge in [0.25, 0.3) is 0 Å². The van der Waals surface area contributed by atoms with Crippen molar-refractivity contribution in [2.24, 2.45) is 5.92 Å². The molecule has 1 aliphatic heterocycles. The Bertz CT molecular complexity index is 902. The highest BCUT2D eigenvalue weighted by Gasteiger charge is 2.37. The third kappa shape index (κ3) is 5.89. The molecule has 0 aliphatic carbocycles. The van der Waals surface area contributed by atoms with Crippen molar-refractivity contribution in [3.63, 3.8) is 0 Å². The molecule has 2 heterocycles. The van der Waals surface area contributed by atoms with Gasteiger partial charge in [-0.05, 0) is 19.3 Å². The number of carbonyl (C=O) groups is 3. The van der Waals surface area contributed by atoms with Gasteiger partial charge in [-0.2, -0.15) is 0 Å². The van der Waals surface area contributed by atoms with Crippen LogP contribution in [0.5, 0.6) is 0 Å². The molecule has 1 fully saturated rings. The van der Waals surface area contributed by atoms with Crippen molar-refractivity contribution in [2.45, 2.75) is 51.5 Å². The van der Waals surface area contributed by atoms with Gasteiger partial charge in [-0.3, -0.25) is 19.6 Å². The van der Waals surface area contributed by atoms with Crippen LogP contribution in [0.15, 0.2) is 35.7 Å². The number of likely N-dealkylation sites (tertiary alicyclic amines) is 1. The van der Waals surface area contributed by atoms with Crippen LogP contribution < -0.4 is 10.8 Å². The maximum absolute atomic E-state index is 13.1. The minimum atomic E-state index is -0.592. The molecule has 9 heteroatoms. The fourth-order valence-electron chi connectivity index (χ4n) is 3.83. The number of anilines is 1. The minimum Gasteiger partial charge on any atom is -0.330 e. The average molecular weight is 445 g/mol. The molecule has 0 bridgehead atoms. The highest BCUT2D eigenvalue weighted by Crippen LogP contribution is 2.27. The van der Waals surface area contributed by atoms with Crippen molar-refractivity contribution < 1.29 is 19.6 Å². The molecule has 1 aromatic carbocycles. The van der Waals surface area contributed by atoms with Crippen molar-refractivity contribution in [1.29, 1.82) is 0 Å². The number of thiazole rings is 1. The number of nitrogens with zero attached hydrogens (tertiary/aromatic N) is 2. The summed E-state index contributed by atoms with van der Waals surface area (Å²) in [7, 11) is 0. The molecule has 8 nitrogen and oxygen atoms in total. The Labute approximate surface area is 185 Å². The van der Waals surface area contributed by atoms with Crippen LogP contribution in [0.4, 0.5) is 5.13 Å². The summed E-state index contributed by atoms with van der Waals surface area (Å²) in [4.78, 5) is 43.8. The monoisotopic (exact) mass is 444 g/mol. The second-order valence-corrected chi connectivity index (χ2v) is 8.52. The quantitative estimate of drug-likeness (QED) is 0.405. The summed E-state index contributed by atoms with van der Waals surface area (Å²) in [5.41, 5.74) is 3.36. The molecule has 166 valence electrons. The lowest BCUT2D eigenvalue weighted by Crippen LogP contribution is -2.46. The first kappa shape index (κ1) is 22.9. The molecule has 2 atom stereocenters. The number of amides is 3. The van der Waals surface area contributed by atoms with Gasteiger partial charge in [-0.25, -0.2) is 10.5 Å². The Morgan fingerprint density at radius 2 is 2.06 bits per heavy atom. The standard InChI is InChI=1S/C22H28N4O4S/c1-2-3-8-16(13-19(27)25-30)21(29)26-12-7-11-18(26)20(28)24-22-23-17(14-31-22)15-9-5-4-6-10-15/h4-6,9-10,14,16,18,30H,2-3,7-8,11-13H2,1H3,(H,25,27)(H,23,24,28)/t16-,18+/m1/s1. The molecule has 1 aromatic heterocycles. The smallest absolute Gasteiger partial charge is 0.248 e. The van der Waals surface area contributed by atoms with E-state index in [-0.39, 0.29) is 18.2 Å². The second-order valence-electron chi connectivity index (χ2n) is 7.66. The number of hydrogen-bond donors (Lipinski definition) is 3. The van der Waals surface area contributed by atoms with Crippen molar-refractivity contribution in [2.75, 3.05) is 11.9 Å². The van der Waals surface area contributed by atoms with Crippen LogP contribution in [0.1, 0.15) is 45.4 Å².